The molecule has 0 heterocycles. The summed E-state index contributed by atoms with van der Waals surface area (Å²) in [4.78, 5) is 48.0. The molecule has 3 N–H and O–H groups in total. The van der Waals surface area contributed by atoms with Gasteiger partial charge in [-0.05, 0) is 50.1 Å². The zero-order chi connectivity index (χ0) is 23.2. The second-order valence-electron chi connectivity index (χ2n) is 7.86. The Balaban J connectivity index is 2.09. The van der Waals surface area contributed by atoms with Crippen LogP contribution in [0.15, 0.2) is 36.4 Å². The molecule has 2 rings (SSSR count). The van der Waals surface area contributed by atoms with Crippen LogP contribution in [-0.2, 0) is 19.1 Å². The number of hydrogen-bond donors (Lipinski definition) is 3. The van der Waals surface area contributed by atoms with Crippen LogP contribution in [-0.4, -0.2) is 47.8 Å². The van der Waals surface area contributed by atoms with Gasteiger partial charge in [-0.2, -0.15) is 0 Å². The molecule has 0 aliphatic rings. The quantitative estimate of drug-likeness (QED) is 0.574. The number of amides is 2. The summed E-state index contributed by atoms with van der Waals surface area (Å²) in [5, 5.41) is 15.9. The van der Waals surface area contributed by atoms with Crippen molar-refractivity contribution in [1.82, 2.24) is 5.32 Å². The number of anilines is 1. The maximum Gasteiger partial charge on any atom is 0.408 e. The number of esters is 1. The van der Waals surface area contributed by atoms with Gasteiger partial charge in [-0.1, -0.05) is 24.3 Å². The first kappa shape index (κ1) is 23.7. The van der Waals surface area contributed by atoms with Crippen molar-refractivity contribution in [3.8, 4) is 0 Å². The van der Waals surface area contributed by atoms with Crippen LogP contribution in [0.2, 0.25) is 0 Å². The van der Waals surface area contributed by atoms with E-state index in [4.69, 9.17) is 4.74 Å². The van der Waals surface area contributed by atoms with Crippen molar-refractivity contribution in [3.05, 3.63) is 42.0 Å². The minimum Gasteiger partial charge on any atom is -0.478 e. The fourth-order valence-electron chi connectivity index (χ4n) is 2.85. The zero-order valence-corrected chi connectivity index (χ0v) is 17.9. The topological polar surface area (TPSA) is 131 Å². The van der Waals surface area contributed by atoms with Gasteiger partial charge in [0.05, 0.1) is 18.4 Å². The molecule has 1 atom stereocenters. The maximum absolute atomic E-state index is 12.5. The van der Waals surface area contributed by atoms with Crippen molar-refractivity contribution in [3.63, 3.8) is 0 Å². The van der Waals surface area contributed by atoms with Gasteiger partial charge in [-0.15, -0.1) is 0 Å². The summed E-state index contributed by atoms with van der Waals surface area (Å²) in [7, 11) is 1.17. The summed E-state index contributed by atoms with van der Waals surface area (Å²) in [6.07, 6.45) is -1.04. The summed E-state index contributed by atoms with van der Waals surface area (Å²) in [5.41, 5.74) is -0.666. The third-order valence-corrected chi connectivity index (χ3v) is 4.23. The number of nitrogens with one attached hydrogen (secondary N) is 2. The standard InChI is InChI=1S/C22H26N2O7/c1-22(2,3)31-21(29)24-16(20(28)30-4)9-10-18(25)23-17-12-14-8-6-5-7-13(14)11-15(17)19(26)27/h5-8,11-12,16H,9-10H2,1-4H3,(H,23,25)(H,24,29)(H,26,27)/t16-/m0/s1. The van der Waals surface area contributed by atoms with E-state index in [0.29, 0.717) is 0 Å². The van der Waals surface area contributed by atoms with Crippen molar-refractivity contribution in [2.45, 2.75) is 45.3 Å². The molecule has 0 spiro atoms. The number of aromatic carboxylic acids is 1. The molecule has 0 saturated heterocycles. The summed E-state index contributed by atoms with van der Waals surface area (Å²) in [5.74, 6) is -2.42. The highest BCUT2D eigenvalue weighted by atomic mass is 16.6. The Morgan fingerprint density at radius 1 is 1.06 bits per heavy atom. The van der Waals surface area contributed by atoms with Crippen LogP contribution < -0.4 is 10.6 Å². The fourth-order valence-corrected chi connectivity index (χ4v) is 2.85. The van der Waals surface area contributed by atoms with Crippen molar-refractivity contribution in [2.24, 2.45) is 0 Å². The molecule has 0 aromatic heterocycles. The lowest BCUT2D eigenvalue weighted by molar-refractivity contribution is -0.143. The number of methoxy groups -OCH3 is 1. The number of benzene rings is 2. The van der Waals surface area contributed by atoms with E-state index in [2.05, 4.69) is 15.4 Å². The Morgan fingerprint density at radius 2 is 1.68 bits per heavy atom. The van der Waals surface area contributed by atoms with Gasteiger partial charge in [0, 0.05) is 6.42 Å². The molecule has 0 unspecified atom stereocenters. The lowest BCUT2D eigenvalue weighted by Crippen LogP contribution is -2.44. The predicted molar refractivity (Wildman–Crippen MR) is 114 cm³/mol. The molecule has 0 saturated carbocycles. The maximum atomic E-state index is 12.5. The van der Waals surface area contributed by atoms with Crippen LogP contribution in [0, 0.1) is 0 Å². The van der Waals surface area contributed by atoms with Crippen LogP contribution in [0.25, 0.3) is 10.8 Å². The summed E-state index contributed by atoms with van der Waals surface area (Å²) in [6.45, 7) is 5.03. The number of carbonyl (C=O) groups excluding carboxylic acids is 3. The van der Waals surface area contributed by atoms with E-state index in [9.17, 15) is 24.3 Å². The second-order valence-corrected chi connectivity index (χ2v) is 7.86. The smallest absolute Gasteiger partial charge is 0.408 e. The van der Waals surface area contributed by atoms with E-state index in [1.807, 2.05) is 0 Å². The molecule has 2 aromatic rings. The number of rotatable bonds is 7. The number of ether oxygens (including phenoxy) is 2. The predicted octanol–water partition coefficient (Wildman–Crippen LogP) is 3.32. The zero-order valence-electron chi connectivity index (χ0n) is 17.9. The number of alkyl carbamates (subject to hydrolysis) is 1. The van der Waals surface area contributed by atoms with Gasteiger partial charge in [0.15, 0.2) is 0 Å². The normalized spacial score (nSPS) is 12.0. The molecule has 0 radical (unpaired) electrons. The van der Waals surface area contributed by atoms with Gasteiger partial charge >= 0.3 is 18.0 Å². The van der Waals surface area contributed by atoms with Gasteiger partial charge in [0.25, 0.3) is 0 Å². The Bertz CT molecular complexity index is 995. The molecule has 0 aliphatic carbocycles. The van der Waals surface area contributed by atoms with Crippen LogP contribution in [0.1, 0.15) is 44.0 Å². The molecule has 166 valence electrons. The molecular formula is C22H26N2O7. The largest absolute Gasteiger partial charge is 0.478 e. The minimum absolute atomic E-state index is 0.0524. The molecule has 31 heavy (non-hydrogen) atoms. The first-order chi connectivity index (χ1) is 14.5. The SMILES string of the molecule is COC(=O)[C@H](CCC(=O)Nc1cc2ccccc2cc1C(=O)O)NC(=O)OC(C)(C)C. The molecule has 2 amide bonds. The van der Waals surface area contributed by atoms with Crippen molar-refractivity contribution < 1.29 is 33.8 Å². The molecule has 9 heteroatoms. The number of carboxylic acids is 1. The molecule has 0 fully saturated rings. The third-order valence-electron chi connectivity index (χ3n) is 4.23. The van der Waals surface area contributed by atoms with E-state index in [1.54, 1.807) is 51.1 Å². The fraction of sp³-hybridized carbons (Fsp3) is 0.364. The van der Waals surface area contributed by atoms with Crippen LogP contribution in [0.5, 0.6) is 0 Å². The van der Waals surface area contributed by atoms with Crippen molar-refractivity contribution in [2.75, 3.05) is 12.4 Å². The summed E-state index contributed by atoms with van der Waals surface area (Å²) >= 11 is 0. The first-order valence-electron chi connectivity index (χ1n) is 9.63. The third kappa shape index (κ3) is 6.98. The number of hydrogen-bond acceptors (Lipinski definition) is 6. The molecule has 0 aliphatic heterocycles. The van der Waals surface area contributed by atoms with E-state index in [-0.39, 0.29) is 24.1 Å². The molecular weight excluding hydrogens is 404 g/mol. The van der Waals surface area contributed by atoms with E-state index >= 15 is 0 Å². The number of carbonyl (C=O) groups is 4. The lowest BCUT2D eigenvalue weighted by atomic mass is 10.0. The van der Waals surface area contributed by atoms with Crippen LogP contribution in [0.4, 0.5) is 10.5 Å². The van der Waals surface area contributed by atoms with Gasteiger partial charge in [-0.3, -0.25) is 4.79 Å². The number of carboxylic acid groups (broad SMARTS) is 1. The average molecular weight is 430 g/mol. The monoisotopic (exact) mass is 430 g/mol. The Hall–Kier alpha value is -3.62. The average Bonchev–Trinajstić information content (AvgIpc) is 2.68. The van der Waals surface area contributed by atoms with Crippen LogP contribution >= 0.6 is 0 Å². The van der Waals surface area contributed by atoms with Gasteiger partial charge in [-0.25, -0.2) is 14.4 Å². The summed E-state index contributed by atoms with van der Waals surface area (Å²) in [6, 6.07) is 9.13. The highest BCUT2D eigenvalue weighted by molar-refractivity contribution is 6.05. The highest BCUT2D eigenvalue weighted by Gasteiger charge is 2.26. The Labute approximate surface area is 179 Å². The van der Waals surface area contributed by atoms with Gasteiger partial charge in [0.1, 0.15) is 11.6 Å². The molecule has 2 aromatic carbocycles. The Morgan fingerprint density at radius 3 is 2.23 bits per heavy atom. The Kier molecular flexibility index (Phi) is 7.57. The van der Waals surface area contributed by atoms with E-state index in [1.165, 1.54) is 13.2 Å². The lowest BCUT2D eigenvalue weighted by Gasteiger charge is -2.22. The molecule has 9 nitrogen and oxygen atoms in total. The summed E-state index contributed by atoms with van der Waals surface area (Å²) < 4.78 is 9.80. The molecule has 0 bridgehead atoms. The van der Waals surface area contributed by atoms with Gasteiger partial charge < -0.3 is 25.2 Å². The van der Waals surface area contributed by atoms with Crippen molar-refractivity contribution in [1.29, 1.82) is 0 Å². The first-order valence-corrected chi connectivity index (χ1v) is 9.63. The second kappa shape index (κ2) is 9.92. The number of fused-ring (bicyclic) bond motifs is 1. The van der Waals surface area contributed by atoms with Crippen LogP contribution in [0.3, 0.4) is 0 Å². The minimum atomic E-state index is -1.18. The van der Waals surface area contributed by atoms with E-state index < -0.39 is 35.6 Å². The van der Waals surface area contributed by atoms with E-state index in [0.717, 1.165) is 10.8 Å². The highest BCUT2D eigenvalue weighted by Crippen LogP contribution is 2.24. The van der Waals surface area contributed by atoms with Crippen molar-refractivity contribution >= 4 is 40.4 Å². The van der Waals surface area contributed by atoms with Gasteiger partial charge in [0.2, 0.25) is 5.91 Å².